The highest BCUT2D eigenvalue weighted by molar-refractivity contribution is 8.77. The summed E-state index contributed by atoms with van der Waals surface area (Å²) in [5.41, 5.74) is 6.74. The quantitative estimate of drug-likeness (QED) is 0.0350. The molecule has 10 amide bonds. The first kappa shape index (κ1) is 72.9. The first-order chi connectivity index (χ1) is 43.6. The Hall–Kier alpha value is -8.20. The molecule has 0 bridgehead atoms. The number of nitrogens with two attached hydrogens (primary N) is 1. The van der Waals surface area contributed by atoms with Crippen LogP contribution in [0.2, 0.25) is 0 Å². The van der Waals surface area contributed by atoms with Crippen molar-refractivity contribution in [2.75, 3.05) is 23.8 Å². The van der Waals surface area contributed by atoms with Crippen molar-refractivity contribution < 1.29 is 76.1 Å². The number of hydrogen-bond acceptors (Lipinski definition) is 18. The summed E-state index contributed by atoms with van der Waals surface area (Å²) in [6.07, 6.45) is -5.71. The number of nitrogens with one attached hydrogen (secondary N) is 10. The van der Waals surface area contributed by atoms with E-state index in [1.807, 2.05) is 0 Å². The van der Waals surface area contributed by atoms with Crippen LogP contribution in [0.5, 0.6) is 5.75 Å². The predicted octanol–water partition coefficient (Wildman–Crippen LogP) is 3.13. The Balaban J connectivity index is 1.42. The summed E-state index contributed by atoms with van der Waals surface area (Å²) in [5, 5.41) is 44.9. The first-order valence-electron chi connectivity index (χ1n) is 28.9. The van der Waals surface area contributed by atoms with Gasteiger partial charge in [0.05, 0.1) is 6.10 Å². The summed E-state index contributed by atoms with van der Waals surface area (Å²) in [7, 11) is 3.88. The normalized spacial score (nSPS) is 20.1. The number of unbranched alkanes of at least 4 members (excludes halogenated alkanes) is 1. The van der Waals surface area contributed by atoms with Crippen LogP contribution < -0.4 is 53.6 Å². The van der Waals surface area contributed by atoms with Crippen molar-refractivity contribution in [3.05, 3.63) is 126 Å². The second-order valence-corrected chi connectivity index (χ2v) is 27.1. The number of primary amides is 1. The van der Waals surface area contributed by atoms with Gasteiger partial charge in [-0.2, -0.15) is 13.2 Å². The zero-order chi connectivity index (χ0) is 67.1. The average Bonchev–Trinajstić information content (AvgIpc) is 1.60. The summed E-state index contributed by atoms with van der Waals surface area (Å²) < 4.78 is 46.9. The molecule has 0 spiro atoms. The molecule has 0 saturated carbocycles. The molecular formula is C60H73F3N12O13S4. The number of phenolic OH excluding ortho intramolecular Hbond substituents is 1. The third kappa shape index (κ3) is 23.8. The Morgan fingerprint density at radius 1 is 0.739 bits per heavy atom. The number of alkyl carbamates (subject to hydrolysis) is 1. The molecule has 25 nitrogen and oxygen atoms in total. The number of carbonyl (C=O) groups is 10. The fourth-order valence-electron chi connectivity index (χ4n) is 8.99. The van der Waals surface area contributed by atoms with E-state index in [4.69, 9.17) is 10.5 Å². The minimum atomic E-state index is -5.45. The third-order valence-electron chi connectivity index (χ3n) is 13.7. The van der Waals surface area contributed by atoms with Crippen LogP contribution in [0.4, 0.5) is 18.0 Å². The maximum absolute atomic E-state index is 15.1. The molecule has 5 aromatic rings. The number of para-hydroxylation sites is 1. The number of rotatable bonds is 22. The van der Waals surface area contributed by atoms with Gasteiger partial charge < -0.3 is 73.5 Å². The Labute approximate surface area is 543 Å². The summed E-state index contributed by atoms with van der Waals surface area (Å²) in [6.45, 7) is 6.24. The van der Waals surface area contributed by atoms with Crippen LogP contribution in [-0.4, -0.2) is 169 Å². The van der Waals surface area contributed by atoms with E-state index in [-0.39, 0.29) is 50.2 Å². The van der Waals surface area contributed by atoms with Crippen LogP contribution in [0.1, 0.15) is 63.6 Å². The fraction of sp³-hybridized carbons (Fsp3) is 0.417. The number of hydrogen-bond donors (Lipinski definition) is 13. The van der Waals surface area contributed by atoms with Gasteiger partial charge >= 0.3 is 18.2 Å². The molecule has 1 aliphatic rings. The monoisotopic (exact) mass is 1350 g/mol. The smallest absolute Gasteiger partial charge is 0.471 e. The van der Waals surface area contributed by atoms with Gasteiger partial charge in [0, 0.05) is 66.4 Å². The topological polar surface area (TPSA) is 383 Å². The highest BCUT2D eigenvalue weighted by atomic mass is 33.1. The van der Waals surface area contributed by atoms with Gasteiger partial charge in [-0.05, 0) is 105 Å². The summed E-state index contributed by atoms with van der Waals surface area (Å²) >= 11 is 0. The molecule has 9 atom stereocenters. The van der Waals surface area contributed by atoms with E-state index in [2.05, 4.69) is 52.5 Å². The molecule has 32 heteroatoms. The number of aliphatic hydroxyl groups is 1. The van der Waals surface area contributed by atoms with E-state index < -0.39 is 143 Å². The molecule has 496 valence electrons. The number of aromatic nitrogens is 2. The van der Waals surface area contributed by atoms with Crippen LogP contribution in [0.25, 0.3) is 10.9 Å². The van der Waals surface area contributed by atoms with E-state index in [1.54, 1.807) is 99.1 Å². The van der Waals surface area contributed by atoms with Gasteiger partial charge in [-0.1, -0.05) is 99.1 Å². The van der Waals surface area contributed by atoms with E-state index in [9.17, 15) is 61.7 Å². The number of aliphatic hydroxyl groups excluding tert-OH is 1. The number of benzene rings is 3. The molecule has 1 fully saturated rings. The van der Waals surface area contributed by atoms with Gasteiger partial charge in [0.2, 0.25) is 47.3 Å². The number of phenols is 1. The number of nitrogens with zero attached hydrogens (tertiary/aromatic N) is 1. The second-order valence-electron chi connectivity index (χ2n) is 22.2. The number of aromatic hydroxyl groups is 1. The minimum Gasteiger partial charge on any atom is -0.508 e. The van der Waals surface area contributed by atoms with Gasteiger partial charge in [0.1, 0.15) is 64.7 Å². The number of H-pyrrole nitrogens is 1. The standard InChI is InChI=1S/C60H73F3N12O13S4/c1-33(76)48-56(85)73-46(55(84)71-44(49(64)78)30-91-92-47-19-11-13-24-65-47)32-90-89-31-45(72-52(81)42(74-57(86)60(61,62)63)26-34-14-6-5-7-15-34)54(83)69-41(27-35-20-22-37(77)23-21-35)51(80)70-43(28-36-29-67-39-17-9-8-16-38(36)39)53(82)68-40(50(79)75-48)18-10-12-25-66-58(87)88-59(2,3)4/h5-9,11,13-17,19-24,29,33,40-46,48,67,76-77H,10,12,18,25-28,30-32H2,1-4H3,(H2,64,78)(H,66,87)(H,68,82)(H,69,83)(H,70,80)(H,71,84)(H,72,81)(H,73,85)(H,74,86)(H,75,79)/t33-,40+,41+,42-,43-,44-,45+,46+,48+/m1/s1. The Bertz CT molecular complexity index is 3350. The van der Waals surface area contributed by atoms with Crippen molar-refractivity contribution in [2.24, 2.45) is 5.73 Å². The van der Waals surface area contributed by atoms with Crippen molar-refractivity contribution in [2.45, 2.75) is 137 Å². The molecule has 0 radical (unpaired) electrons. The number of amides is 10. The zero-order valence-corrected chi connectivity index (χ0v) is 53.6. The molecule has 2 aromatic heterocycles. The molecule has 1 saturated heterocycles. The molecule has 0 aliphatic carbocycles. The van der Waals surface area contributed by atoms with E-state index >= 15 is 9.59 Å². The summed E-state index contributed by atoms with van der Waals surface area (Å²) in [6, 6.07) is 11.8. The number of alkyl halides is 3. The fourth-order valence-corrected chi connectivity index (χ4v) is 13.4. The predicted molar refractivity (Wildman–Crippen MR) is 342 cm³/mol. The Morgan fingerprint density at radius 3 is 2.04 bits per heavy atom. The minimum absolute atomic E-state index is 0.0504. The third-order valence-corrected chi connectivity index (χ3v) is 18.4. The number of fused-ring (bicyclic) bond motifs is 1. The highest BCUT2D eigenvalue weighted by Gasteiger charge is 2.42. The molecule has 14 N–H and O–H groups in total. The molecule has 0 unspecified atom stereocenters. The second kappa shape index (κ2) is 35.0. The molecule has 92 heavy (non-hydrogen) atoms. The van der Waals surface area contributed by atoms with Crippen LogP contribution in [-0.2, 0) is 67.2 Å². The van der Waals surface area contributed by atoms with Crippen LogP contribution in [0.15, 0.2) is 114 Å². The Kier molecular flexibility index (Phi) is 27.7. The average molecular weight is 1360 g/mol. The summed E-state index contributed by atoms with van der Waals surface area (Å²) in [5.74, 6) is -12.2. The lowest BCUT2D eigenvalue weighted by Crippen LogP contribution is -2.62. The lowest BCUT2D eigenvalue weighted by molar-refractivity contribution is -0.174. The van der Waals surface area contributed by atoms with Crippen molar-refractivity contribution in [1.29, 1.82) is 0 Å². The maximum Gasteiger partial charge on any atom is 0.471 e. The van der Waals surface area contributed by atoms with Gasteiger partial charge in [-0.3, -0.25) is 43.2 Å². The lowest BCUT2D eigenvalue weighted by Gasteiger charge is -2.29. The highest BCUT2D eigenvalue weighted by Crippen LogP contribution is 2.30. The van der Waals surface area contributed by atoms with Crippen molar-refractivity contribution in [3.63, 3.8) is 0 Å². The molecule has 3 aromatic carbocycles. The number of halogens is 3. The zero-order valence-electron chi connectivity index (χ0n) is 50.3. The molecule has 6 rings (SSSR count). The number of carbonyl (C=O) groups excluding carboxylic acids is 10. The van der Waals surface area contributed by atoms with Gasteiger partial charge in [-0.25, -0.2) is 9.78 Å². The SMILES string of the molecule is C[C@@H](O)[C@@H]1NC(=O)[C@H](CCCCNC(=O)OC(C)(C)C)NC(=O)[C@@H](Cc2c[nH]c3ccccc23)NC(=O)[C@H](Cc2ccc(O)cc2)NC(=O)[C@@H](NC(=O)[C@@H](Cc2ccccc2)NC(=O)C(F)(F)F)CSSC[C@@H](C(=O)N[C@H](CSSc2ccccn2)C(N)=O)NC1=O. The van der Waals surface area contributed by atoms with Gasteiger partial charge in [-0.15, -0.1) is 0 Å². The molecule has 3 heterocycles. The van der Waals surface area contributed by atoms with E-state index in [0.717, 1.165) is 39.3 Å². The maximum atomic E-state index is 15.1. The van der Waals surface area contributed by atoms with Crippen molar-refractivity contribution in [1.82, 2.24) is 57.8 Å². The van der Waals surface area contributed by atoms with Crippen molar-refractivity contribution >= 4 is 113 Å². The van der Waals surface area contributed by atoms with Crippen LogP contribution in [0, 0.1) is 0 Å². The largest absolute Gasteiger partial charge is 0.508 e. The molecule has 1 aliphatic heterocycles. The van der Waals surface area contributed by atoms with Gasteiger partial charge in [0.25, 0.3) is 0 Å². The van der Waals surface area contributed by atoms with Crippen molar-refractivity contribution in [3.8, 4) is 5.75 Å². The van der Waals surface area contributed by atoms with Gasteiger partial charge in [0.15, 0.2) is 0 Å². The van der Waals surface area contributed by atoms with E-state index in [1.165, 1.54) is 47.2 Å². The van der Waals surface area contributed by atoms with Crippen LogP contribution >= 0.6 is 43.2 Å². The number of pyridine rings is 1. The van der Waals surface area contributed by atoms with E-state index in [0.29, 0.717) is 32.6 Å². The lowest BCUT2D eigenvalue weighted by atomic mass is 10.0. The summed E-state index contributed by atoms with van der Waals surface area (Å²) in [4.78, 5) is 148. The Morgan fingerprint density at radius 2 is 1.38 bits per heavy atom. The number of aromatic amines is 1. The first-order valence-corrected chi connectivity index (χ1v) is 33.7. The molecular weight excluding hydrogens is 1280 g/mol. The number of ether oxygens (including phenoxy) is 1. The van der Waals surface area contributed by atoms with Crippen LogP contribution in [0.3, 0.4) is 0 Å².